The standard InChI is InChI=1S/C17H20O2/c1-13-7-9-14(10-8-13)11-16(18)12-15-5-3-4-6-17(15)19-2/h3-10,16,18H,11-12H2,1-2H3. The largest absolute Gasteiger partial charge is 0.496 e. The zero-order valence-electron chi connectivity index (χ0n) is 11.5. The third-order valence-electron chi connectivity index (χ3n) is 3.24. The van der Waals surface area contributed by atoms with Gasteiger partial charge < -0.3 is 9.84 Å². The van der Waals surface area contributed by atoms with Crippen molar-refractivity contribution in [1.82, 2.24) is 0 Å². The van der Waals surface area contributed by atoms with Crippen molar-refractivity contribution in [3.63, 3.8) is 0 Å². The highest BCUT2D eigenvalue weighted by Gasteiger charge is 2.10. The topological polar surface area (TPSA) is 29.5 Å². The lowest BCUT2D eigenvalue weighted by Gasteiger charge is -2.13. The molecule has 0 aliphatic rings. The maximum atomic E-state index is 10.2. The van der Waals surface area contributed by atoms with Crippen LogP contribution in [-0.4, -0.2) is 18.3 Å². The number of para-hydroxylation sites is 1. The molecule has 0 aromatic heterocycles. The van der Waals surface area contributed by atoms with E-state index in [0.717, 1.165) is 16.9 Å². The van der Waals surface area contributed by atoms with Gasteiger partial charge in [-0.1, -0.05) is 48.0 Å². The van der Waals surface area contributed by atoms with Crippen molar-refractivity contribution in [3.05, 3.63) is 65.2 Å². The Hall–Kier alpha value is -1.80. The fourth-order valence-electron chi connectivity index (χ4n) is 2.19. The number of aliphatic hydroxyl groups excluding tert-OH is 1. The summed E-state index contributed by atoms with van der Waals surface area (Å²) in [6, 6.07) is 16.1. The van der Waals surface area contributed by atoms with Gasteiger partial charge in [-0.3, -0.25) is 0 Å². The quantitative estimate of drug-likeness (QED) is 0.890. The number of benzene rings is 2. The normalized spacial score (nSPS) is 12.2. The molecule has 1 unspecified atom stereocenters. The molecule has 0 heterocycles. The van der Waals surface area contributed by atoms with Gasteiger partial charge in [0, 0.05) is 6.42 Å². The molecular weight excluding hydrogens is 236 g/mol. The Bertz CT molecular complexity index is 517. The minimum absolute atomic E-state index is 0.390. The fraction of sp³-hybridized carbons (Fsp3) is 0.294. The van der Waals surface area contributed by atoms with Crippen LogP contribution in [0.25, 0.3) is 0 Å². The van der Waals surface area contributed by atoms with E-state index in [9.17, 15) is 5.11 Å². The first-order valence-electron chi connectivity index (χ1n) is 6.54. The van der Waals surface area contributed by atoms with Crippen molar-refractivity contribution in [2.45, 2.75) is 25.9 Å². The van der Waals surface area contributed by atoms with Gasteiger partial charge in [-0.2, -0.15) is 0 Å². The van der Waals surface area contributed by atoms with Crippen LogP contribution in [0.1, 0.15) is 16.7 Å². The summed E-state index contributed by atoms with van der Waals surface area (Å²) in [6.45, 7) is 2.06. The van der Waals surface area contributed by atoms with Gasteiger partial charge in [0.1, 0.15) is 5.75 Å². The molecule has 0 aliphatic heterocycles. The summed E-state index contributed by atoms with van der Waals surface area (Å²) in [6.07, 6.45) is 0.884. The van der Waals surface area contributed by atoms with Gasteiger partial charge in [0.15, 0.2) is 0 Å². The molecule has 1 N–H and O–H groups in total. The molecular formula is C17H20O2. The van der Waals surface area contributed by atoms with Gasteiger partial charge in [-0.15, -0.1) is 0 Å². The lowest BCUT2D eigenvalue weighted by atomic mass is 10.00. The van der Waals surface area contributed by atoms with Crippen LogP contribution in [-0.2, 0) is 12.8 Å². The summed E-state index contributed by atoms with van der Waals surface area (Å²) >= 11 is 0. The molecule has 0 radical (unpaired) electrons. The van der Waals surface area contributed by atoms with Crippen LogP contribution in [0.2, 0.25) is 0 Å². The molecule has 0 bridgehead atoms. The van der Waals surface area contributed by atoms with Gasteiger partial charge in [-0.25, -0.2) is 0 Å². The summed E-state index contributed by atoms with van der Waals surface area (Å²) in [7, 11) is 1.66. The minimum atomic E-state index is -0.390. The highest BCUT2D eigenvalue weighted by molar-refractivity contribution is 5.34. The second-order valence-electron chi connectivity index (χ2n) is 4.86. The molecule has 2 heteroatoms. The predicted octanol–water partition coefficient (Wildman–Crippen LogP) is 3.15. The second-order valence-corrected chi connectivity index (χ2v) is 4.86. The fourth-order valence-corrected chi connectivity index (χ4v) is 2.19. The van der Waals surface area contributed by atoms with Crippen LogP contribution in [0.4, 0.5) is 0 Å². The molecule has 0 saturated carbocycles. The van der Waals surface area contributed by atoms with E-state index >= 15 is 0 Å². The van der Waals surface area contributed by atoms with Crippen LogP contribution in [0.5, 0.6) is 5.75 Å². The molecule has 0 spiro atoms. The number of aryl methyl sites for hydroxylation is 1. The van der Waals surface area contributed by atoms with E-state index in [0.29, 0.717) is 12.8 Å². The molecule has 0 fully saturated rings. The second kappa shape index (κ2) is 6.39. The van der Waals surface area contributed by atoms with Crippen molar-refractivity contribution < 1.29 is 9.84 Å². The van der Waals surface area contributed by atoms with Gasteiger partial charge in [0.25, 0.3) is 0 Å². The lowest BCUT2D eigenvalue weighted by molar-refractivity contribution is 0.174. The van der Waals surface area contributed by atoms with Crippen LogP contribution in [0, 0.1) is 6.92 Å². The number of hydrogen-bond donors (Lipinski definition) is 1. The van der Waals surface area contributed by atoms with Crippen LogP contribution >= 0.6 is 0 Å². The molecule has 0 amide bonds. The Morgan fingerprint density at radius 2 is 1.68 bits per heavy atom. The molecule has 2 nitrogen and oxygen atoms in total. The smallest absolute Gasteiger partial charge is 0.122 e. The minimum Gasteiger partial charge on any atom is -0.496 e. The number of rotatable bonds is 5. The van der Waals surface area contributed by atoms with Crippen molar-refractivity contribution in [2.75, 3.05) is 7.11 Å². The van der Waals surface area contributed by atoms with E-state index in [1.54, 1.807) is 7.11 Å². The van der Waals surface area contributed by atoms with E-state index in [-0.39, 0.29) is 6.10 Å². The summed E-state index contributed by atoms with van der Waals surface area (Å²) < 4.78 is 5.30. The van der Waals surface area contributed by atoms with Crippen LogP contribution in [0.15, 0.2) is 48.5 Å². The SMILES string of the molecule is COc1ccccc1CC(O)Cc1ccc(C)cc1. The predicted molar refractivity (Wildman–Crippen MR) is 77.6 cm³/mol. The van der Waals surface area contributed by atoms with E-state index in [4.69, 9.17) is 4.74 Å². The Balaban J connectivity index is 2.01. The molecule has 100 valence electrons. The number of hydrogen-bond acceptors (Lipinski definition) is 2. The monoisotopic (exact) mass is 256 g/mol. The van der Waals surface area contributed by atoms with Gasteiger partial charge in [-0.05, 0) is 30.5 Å². The highest BCUT2D eigenvalue weighted by atomic mass is 16.5. The first-order chi connectivity index (χ1) is 9.19. The number of methoxy groups -OCH3 is 1. The lowest BCUT2D eigenvalue weighted by Crippen LogP contribution is -2.14. The van der Waals surface area contributed by atoms with Crippen molar-refractivity contribution in [1.29, 1.82) is 0 Å². The third kappa shape index (κ3) is 3.83. The summed E-state index contributed by atoms with van der Waals surface area (Å²) in [5, 5.41) is 10.2. The Morgan fingerprint density at radius 3 is 2.37 bits per heavy atom. The van der Waals surface area contributed by atoms with E-state index in [2.05, 4.69) is 31.2 Å². The number of ether oxygens (including phenoxy) is 1. The van der Waals surface area contributed by atoms with Gasteiger partial charge >= 0.3 is 0 Å². The molecule has 0 saturated heterocycles. The first kappa shape index (κ1) is 13.6. The van der Waals surface area contributed by atoms with Gasteiger partial charge in [0.05, 0.1) is 13.2 Å². The highest BCUT2D eigenvalue weighted by Crippen LogP contribution is 2.20. The maximum absolute atomic E-state index is 10.2. The number of aliphatic hydroxyl groups is 1. The van der Waals surface area contributed by atoms with Crippen LogP contribution < -0.4 is 4.74 Å². The zero-order valence-corrected chi connectivity index (χ0v) is 11.5. The van der Waals surface area contributed by atoms with Crippen molar-refractivity contribution >= 4 is 0 Å². The Morgan fingerprint density at radius 1 is 1.00 bits per heavy atom. The van der Waals surface area contributed by atoms with Gasteiger partial charge in [0.2, 0.25) is 0 Å². The Labute approximate surface area is 114 Å². The molecule has 19 heavy (non-hydrogen) atoms. The summed E-state index contributed by atoms with van der Waals surface area (Å²) in [5.41, 5.74) is 3.44. The average molecular weight is 256 g/mol. The first-order valence-corrected chi connectivity index (χ1v) is 6.54. The maximum Gasteiger partial charge on any atom is 0.122 e. The van der Waals surface area contributed by atoms with Crippen LogP contribution in [0.3, 0.4) is 0 Å². The van der Waals surface area contributed by atoms with Crippen molar-refractivity contribution in [2.24, 2.45) is 0 Å². The Kier molecular flexibility index (Phi) is 4.58. The van der Waals surface area contributed by atoms with Crippen molar-refractivity contribution in [3.8, 4) is 5.75 Å². The third-order valence-corrected chi connectivity index (χ3v) is 3.24. The molecule has 2 aromatic rings. The molecule has 2 aromatic carbocycles. The average Bonchev–Trinajstić information content (AvgIpc) is 2.42. The summed E-state index contributed by atoms with van der Waals surface area (Å²) in [4.78, 5) is 0. The van der Waals surface area contributed by atoms with E-state index in [1.807, 2.05) is 24.3 Å². The summed E-state index contributed by atoms with van der Waals surface area (Å²) in [5.74, 6) is 0.838. The van der Waals surface area contributed by atoms with E-state index < -0.39 is 0 Å². The molecule has 2 rings (SSSR count). The molecule has 1 atom stereocenters. The zero-order chi connectivity index (χ0) is 13.7. The molecule has 0 aliphatic carbocycles. The van der Waals surface area contributed by atoms with E-state index in [1.165, 1.54) is 5.56 Å².